The van der Waals surface area contributed by atoms with Crippen LogP contribution in [0.5, 0.6) is 0 Å². The van der Waals surface area contributed by atoms with E-state index in [-0.39, 0.29) is 28.4 Å². The van der Waals surface area contributed by atoms with Gasteiger partial charge in [-0.15, -0.1) is 0 Å². The van der Waals surface area contributed by atoms with Gasteiger partial charge in [0, 0.05) is 50.6 Å². The van der Waals surface area contributed by atoms with Gasteiger partial charge in [0.2, 0.25) is 0 Å². The zero-order valence-corrected chi connectivity index (χ0v) is 50.7. The highest BCUT2D eigenvalue weighted by molar-refractivity contribution is 7.00. The Kier molecular flexibility index (Phi) is 11.3. The summed E-state index contributed by atoms with van der Waals surface area (Å²) in [6, 6.07) is 84.5. The molecular weight excluding hydrogens is 1010 g/mol. The lowest BCUT2D eigenvalue weighted by Gasteiger charge is -2.45. The molecule has 0 fully saturated rings. The normalized spacial score (nSPS) is 13.6. The van der Waals surface area contributed by atoms with Crippen molar-refractivity contribution in [3.05, 3.63) is 241 Å². The minimum absolute atomic E-state index is 0.114. The van der Waals surface area contributed by atoms with Crippen molar-refractivity contribution in [1.82, 2.24) is 4.57 Å². The third kappa shape index (κ3) is 8.22. The Morgan fingerprint density at radius 2 is 0.690 bits per heavy atom. The number of para-hydroxylation sites is 2. The molecule has 84 heavy (non-hydrogen) atoms. The van der Waals surface area contributed by atoms with Crippen molar-refractivity contribution in [2.75, 3.05) is 9.80 Å². The molecule has 0 radical (unpaired) electrons. The van der Waals surface area contributed by atoms with Gasteiger partial charge in [0.15, 0.2) is 0 Å². The second kappa shape index (κ2) is 18.3. The SMILES string of the molecule is CC(C)(C)c1cc(N2c3cc4c(ccc5ccccc54)cc3B3c4cc5ccc6ccccc6c5cc4N(c4cc(C(C)(C)C)cc(C(C)(C)C)c4)c4cc(-c5ccc6c7ccccc7n(-c7ccccc7)c6c5)cc2c43)cc(C(C)(C)C)c1. The predicted octanol–water partition coefficient (Wildman–Crippen LogP) is 20.3. The summed E-state index contributed by atoms with van der Waals surface area (Å²) in [5.74, 6) is 0. The molecule has 0 atom stereocenters. The van der Waals surface area contributed by atoms with E-state index >= 15 is 0 Å². The number of hydrogen-bond acceptors (Lipinski definition) is 2. The predicted molar refractivity (Wildman–Crippen MR) is 365 cm³/mol. The molecule has 12 aromatic carbocycles. The fourth-order valence-corrected chi connectivity index (χ4v) is 13.9. The molecule has 4 heteroatoms. The van der Waals surface area contributed by atoms with Crippen LogP contribution in [0.1, 0.15) is 105 Å². The number of aromatic nitrogens is 1. The number of nitrogens with zero attached hydrogens (tertiary/aromatic N) is 3. The third-order valence-corrected chi connectivity index (χ3v) is 18.6. The second-order valence-corrected chi connectivity index (χ2v) is 28.3. The summed E-state index contributed by atoms with van der Waals surface area (Å²) < 4.78 is 2.46. The van der Waals surface area contributed by atoms with Crippen molar-refractivity contribution in [3.63, 3.8) is 0 Å². The Morgan fingerprint density at radius 1 is 0.274 bits per heavy atom. The van der Waals surface area contributed by atoms with E-state index in [2.05, 4.69) is 316 Å². The average Bonchev–Trinajstić information content (AvgIpc) is 0.851. The van der Waals surface area contributed by atoms with Crippen LogP contribution in [0.2, 0.25) is 0 Å². The van der Waals surface area contributed by atoms with Crippen LogP contribution in [0.15, 0.2) is 218 Å². The molecular formula is C80H72BN3. The highest BCUT2D eigenvalue weighted by atomic mass is 15.2. The number of benzene rings is 12. The van der Waals surface area contributed by atoms with E-state index in [0.717, 1.165) is 5.69 Å². The zero-order valence-electron chi connectivity index (χ0n) is 50.7. The van der Waals surface area contributed by atoms with Gasteiger partial charge in [0.25, 0.3) is 6.71 Å². The van der Waals surface area contributed by atoms with Crippen molar-refractivity contribution in [2.45, 2.75) is 105 Å². The topological polar surface area (TPSA) is 11.4 Å². The van der Waals surface area contributed by atoms with Gasteiger partial charge in [-0.25, -0.2) is 0 Å². The van der Waals surface area contributed by atoms with Crippen LogP contribution in [0.25, 0.3) is 81.7 Å². The van der Waals surface area contributed by atoms with Gasteiger partial charge in [-0.05, 0) is 187 Å². The molecule has 2 aliphatic rings. The largest absolute Gasteiger partial charge is 0.311 e. The van der Waals surface area contributed by atoms with Crippen LogP contribution in [-0.2, 0) is 21.7 Å². The van der Waals surface area contributed by atoms with Crippen LogP contribution in [0, 0.1) is 0 Å². The molecule has 3 heterocycles. The minimum Gasteiger partial charge on any atom is -0.311 e. The monoisotopic (exact) mass is 1090 g/mol. The van der Waals surface area contributed by atoms with E-state index in [1.54, 1.807) is 0 Å². The first kappa shape index (κ1) is 52.0. The number of anilines is 6. The molecule has 0 saturated heterocycles. The summed E-state index contributed by atoms with van der Waals surface area (Å²) >= 11 is 0. The maximum atomic E-state index is 2.68. The van der Waals surface area contributed by atoms with Crippen molar-refractivity contribution in [1.29, 1.82) is 0 Å². The highest BCUT2D eigenvalue weighted by Gasteiger charge is 2.45. The van der Waals surface area contributed by atoms with Crippen LogP contribution < -0.4 is 26.2 Å². The Bertz CT molecular complexity index is 4600. The Morgan fingerprint density at radius 3 is 1.17 bits per heavy atom. The Balaban J connectivity index is 1.13. The molecule has 0 saturated carbocycles. The van der Waals surface area contributed by atoms with E-state index in [0.29, 0.717) is 0 Å². The fourth-order valence-electron chi connectivity index (χ4n) is 13.9. The molecule has 0 unspecified atom stereocenters. The maximum absolute atomic E-state index is 2.68. The van der Waals surface area contributed by atoms with Crippen molar-refractivity contribution in [2.24, 2.45) is 0 Å². The standard InChI is InChI=1S/C80H72BN3/c1-77(2,3)55-41-56(78(4,5)6)44-60(43-55)83-72-47-66-52(32-30-49-22-16-18-26-62(49)66)36-68(72)81-69-37-53-33-31-50-23-17-19-27-63(50)67(53)48-73(69)84(61-45-57(79(7,8)9)42-58(46-61)80(10,11)12)75-40-54(39-74(83)76(75)81)51-34-35-65-64-28-20-21-29-70(64)82(71(65)38-51)59-24-14-13-15-25-59/h13-48H,1-12H3. The molecule has 15 rings (SSSR count). The molecule has 3 nitrogen and oxygen atoms in total. The molecule has 0 spiro atoms. The number of rotatable bonds is 4. The van der Waals surface area contributed by atoms with Crippen LogP contribution in [0.4, 0.5) is 34.1 Å². The summed E-state index contributed by atoms with van der Waals surface area (Å²) in [4.78, 5) is 5.37. The van der Waals surface area contributed by atoms with Crippen molar-refractivity contribution < 1.29 is 0 Å². The van der Waals surface area contributed by atoms with E-state index in [1.807, 2.05) is 0 Å². The summed E-state index contributed by atoms with van der Waals surface area (Å²) in [5, 5.41) is 12.5. The van der Waals surface area contributed by atoms with E-state index in [1.165, 1.54) is 149 Å². The van der Waals surface area contributed by atoms with Gasteiger partial charge in [0.1, 0.15) is 0 Å². The average molecular weight is 1090 g/mol. The maximum Gasteiger partial charge on any atom is 0.252 e. The molecule has 2 aliphatic heterocycles. The van der Waals surface area contributed by atoms with Crippen molar-refractivity contribution in [3.8, 4) is 16.8 Å². The Labute approximate surface area is 495 Å². The first-order chi connectivity index (χ1) is 40.2. The lowest BCUT2D eigenvalue weighted by molar-refractivity contribution is 0.568. The van der Waals surface area contributed by atoms with Gasteiger partial charge >= 0.3 is 0 Å². The molecule has 0 aliphatic carbocycles. The van der Waals surface area contributed by atoms with Gasteiger partial charge in [-0.1, -0.05) is 229 Å². The van der Waals surface area contributed by atoms with Crippen molar-refractivity contribution >= 4 is 122 Å². The molecule has 0 amide bonds. The number of hydrogen-bond donors (Lipinski definition) is 0. The highest BCUT2D eigenvalue weighted by Crippen LogP contribution is 2.51. The van der Waals surface area contributed by atoms with Gasteiger partial charge in [0.05, 0.1) is 11.0 Å². The second-order valence-electron chi connectivity index (χ2n) is 28.3. The molecule has 13 aromatic rings. The first-order valence-corrected chi connectivity index (χ1v) is 30.3. The van der Waals surface area contributed by atoms with E-state index < -0.39 is 0 Å². The third-order valence-electron chi connectivity index (χ3n) is 18.6. The fraction of sp³-hybridized carbons (Fsp3) is 0.200. The van der Waals surface area contributed by atoms with Crippen LogP contribution in [0.3, 0.4) is 0 Å². The van der Waals surface area contributed by atoms with Crippen LogP contribution in [-0.4, -0.2) is 11.3 Å². The molecule has 410 valence electrons. The molecule has 1 aromatic heterocycles. The van der Waals surface area contributed by atoms with E-state index in [4.69, 9.17) is 0 Å². The summed E-state index contributed by atoms with van der Waals surface area (Å²) in [6.07, 6.45) is 0. The van der Waals surface area contributed by atoms with Gasteiger partial charge in [-0.2, -0.15) is 0 Å². The summed E-state index contributed by atoms with van der Waals surface area (Å²) in [7, 11) is 0. The lowest BCUT2D eigenvalue weighted by Crippen LogP contribution is -2.61. The first-order valence-electron chi connectivity index (χ1n) is 30.3. The van der Waals surface area contributed by atoms with E-state index in [9.17, 15) is 0 Å². The van der Waals surface area contributed by atoms with Gasteiger partial charge < -0.3 is 14.4 Å². The smallest absolute Gasteiger partial charge is 0.252 e. The Hall–Kier alpha value is -8.86. The zero-order chi connectivity index (χ0) is 57.9. The summed E-state index contributed by atoms with van der Waals surface area (Å²) in [6.45, 7) is 28.3. The van der Waals surface area contributed by atoms with Crippen LogP contribution >= 0.6 is 0 Å². The summed E-state index contributed by atoms with van der Waals surface area (Å²) in [5.41, 5.74) is 21.8. The minimum atomic E-state index is -0.117. The quantitative estimate of drug-likeness (QED) is 0.129. The molecule has 0 N–H and O–H groups in total. The number of fused-ring (bicyclic) bond motifs is 13. The molecule has 0 bridgehead atoms. The van der Waals surface area contributed by atoms with Gasteiger partial charge in [-0.3, -0.25) is 0 Å². The lowest BCUT2D eigenvalue weighted by atomic mass is 9.33.